The van der Waals surface area contributed by atoms with E-state index in [0.29, 0.717) is 51.4 Å². The fraction of sp³-hybridized carbons (Fsp3) is 0.981. The molecule has 2 unspecified atom stereocenters. The van der Waals surface area contributed by atoms with Gasteiger partial charge in [0.25, 0.3) is 0 Å². The molecule has 8 saturated heterocycles. The number of aliphatic hydroxyl groups excluding tert-OH is 1. The van der Waals surface area contributed by atoms with Crippen molar-refractivity contribution in [2.45, 2.75) is 273 Å². The first kappa shape index (κ1) is 55.1. The zero-order chi connectivity index (χ0) is 50.9. The van der Waals surface area contributed by atoms with Crippen LogP contribution in [0.1, 0.15) is 146 Å². The lowest BCUT2D eigenvalue weighted by Gasteiger charge is -2.54. The van der Waals surface area contributed by atoms with E-state index in [1.165, 1.54) is 0 Å². The van der Waals surface area contributed by atoms with Crippen molar-refractivity contribution in [1.29, 1.82) is 0 Å². The predicted octanol–water partition coefficient (Wildman–Crippen LogP) is 5.60. The van der Waals surface area contributed by atoms with E-state index in [2.05, 4.69) is 20.8 Å². The Balaban J connectivity index is 0.991. The van der Waals surface area contributed by atoms with Gasteiger partial charge >= 0.3 is 5.97 Å². The summed E-state index contributed by atoms with van der Waals surface area (Å²) in [6.45, 7) is 19.5. The van der Waals surface area contributed by atoms with Gasteiger partial charge < -0.3 is 82.0 Å². The van der Waals surface area contributed by atoms with Crippen molar-refractivity contribution in [3.05, 3.63) is 0 Å². The van der Waals surface area contributed by atoms with E-state index in [9.17, 15) is 25.2 Å². The molecule has 8 aliphatic heterocycles. The molecule has 0 amide bonds. The van der Waals surface area contributed by atoms with E-state index in [4.69, 9.17) is 61.6 Å². The number of carboxylic acids is 1. The van der Waals surface area contributed by atoms with Gasteiger partial charge in [-0.15, -0.1) is 0 Å². The highest BCUT2D eigenvalue weighted by molar-refractivity contribution is 5.68. The number of hydrogen-bond donors (Lipinski definition) is 4. The number of carbonyl (C=O) groups is 1. The Morgan fingerprint density at radius 3 is 1.94 bits per heavy atom. The van der Waals surface area contributed by atoms with E-state index in [1.54, 1.807) is 35.2 Å². The van der Waals surface area contributed by atoms with Crippen molar-refractivity contribution < 1.29 is 86.8 Å². The van der Waals surface area contributed by atoms with Crippen LogP contribution < -0.4 is 0 Å². The zero-order valence-corrected chi connectivity index (χ0v) is 44.1. The van der Waals surface area contributed by atoms with Crippen molar-refractivity contribution in [3.8, 4) is 0 Å². The minimum atomic E-state index is -2.12. The third-order valence-corrected chi connectivity index (χ3v) is 18.4. The summed E-state index contributed by atoms with van der Waals surface area (Å²) in [5.74, 6) is -7.48. The third-order valence-electron chi connectivity index (χ3n) is 18.4. The van der Waals surface area contributed by atoms with E-state index >= 15 is 0 Å². The molecule has 0 bridgehead atoms. The average molecular weight is 1000 g/mol. The smallest absolute Gasteiger partial charge is 0.308 e. The Bertz CT molecular complexity index is 1770. The summed E-state index contributed by atoms with van der Waals surface area (Å²) in [6, 6.07) is 0. The Kier molecular flexibility index (Phi) is 16.6. The van der Waals surface area contributed by atoms with Crippen molar-refractivity contribution in [2.24, 2.45) is 29.6 Å². The fourth-order valence-electron chi connectivity index (χ4n) is 13.7. The summed E-state index contributed by atoms with van der Waals surface area (Å²) in [6.07, 6.45) is -1.47. The maximum atomic E-state index is 12.3. The van der Waals surface area contributed by atoms with Crippen LogP contribution in [0, 0.1) is 29.6 Å². The maximum absolute atomic E-state index is 12.3. The molecule has 404 valence electrons. The minimum absolute atomic E-state index is 0.00895. The summed E-state index contributed by atoms with van der Waals surface area (Å²) in [7, 11) is 4.91. The molecule has 8 rings (SSSR count). The van der Waals surface area contributed by atoms with Crippen LogP contribution in [0.5, 0.6) is 0 Å². The van der Waals surface area contributed by atoms with Crippen molar-refractivity contribution in [2.75, 3.05) is 21.3 Å². The van der Waals surface area contributed by atoms with Gasteiger partial charge in [-0.3, -0.25) is 4.79 Å². The number of rotatable bonds is 14. The van der Waals surface area contributed by atoms with E-state index < -0.39 is 108 Å². The average Bonchev–Trinajstić information content (AvgIpc) is 4.01. The molecule has 0 saturated carbocycles. The first-order chi connectivity index (χ1) is 32.9. The molecule has 8 fully saturated rings. The number of hydrogen-bond acceptors (Lipinski definition) is 17. The summed E-state index contributed by atoms with van der Waals surface area (Å²) < 4.78 is 85.0. The van der Waals surface area contributed by atoms with E-state index in [1.807, 2.05) is 34.6 Å². The Labute approximate surface area is 415 Å². The monoisotopic (exact) mass is 1000 g/mol. The van der Waals surface area contributed by atoms with Gasteiger partial charge in [-0.05, 0) is 79.1 Å². The molecule has 0 aromatic heterocycles. The number of aliphatic hydroxyl groups is 3. The van der Waals surface area contributed by atoms with Gasteiger partial charge in [-0.1, -0.05) is 34.6 Å². The molecule has 18 nitrogen and oxygen atoms in total. The topological polar surface area (TPSA) is 218 Å². The van der Waals surface area contributed by atoms with Gasteiger partial charge in [0.05, 0.1) is 90.9 Å². The largest absolute Gasteiger partial charge is 0.481 e. The minimum Gasteiger partial charge on any atom is -0.481 e. The van der Waals surface area contributed by atoms with Gasteiger partial charge in [0.1, 0.15) is 12.2 Å². The number of methoxy groups -OCH3 is 3. The Hall–Kier alpha value is -1.17. The first-order valence-electron chi connectivity index (χ1n) is 26.5. The van der Waals surface area contributed by atoms with Crippen LogP contribution in [0.15, 0.2) is 0 Å². The second-order valence-electron chi connectivity index (χ2n) is 23.4. The van der Waals surface area contributed by atoms with Crippen LogP contribution in [0.4, 0.5) is 0 Å². The van der Waals surface area contributed by atoms with Crippen LogP contribution in [-0.4, -0.2) is 174 Å². The van der Waals surface area contributed by atoms with Gasteiger partial charge in [0, 0.05) is 77.1 Å². The Morgan fingerprint density at radius 1 is 0.700 bits per heavy atom. The van der Waals surface area contributed by atoms with Crippen LogP contribution in [0.25, 0.3) is 0 Å². The van der Waals surface area contributed by atoms with Gasteiger partial charge in [0.2, 0.25) is 0 Å². The van der Waals surface area contributed by atoms with Gasteiger partial charge in [-0.2, -0.15) is 0 Å². The normalized spacial score (nSPS) is 53.9. The molecule has 0 aromatic rings. The second-order valence-corrected chi connectivity index (χ2v) is 23.4. The Morgan fingerprint density at radius 2 is 1.34 bits per heavy atom. The lowest BCUT2D eigenvalue weighted by Crippen LogP contribution is -2.66. The highest BCUT2D eigenvalue weighted by Gasteiger charge is 2.64. The molecule has 1 spiro atoms. The number of ether oxygens (including phenoxy) is 13. The number of aliphatic carboxylic acids is 1. The van der Waals surface area contributed by atoms with Crippen molar-refractivity contribution in [1.82, 2.24) is 0 Å². The van der Waals surface area contributed by atoms with Crippen LogP contribution in [-0.2, 0) is 66.4 Å². The summed E-state index contributed by atoms with van der Waals surface area (Å²) in [5, 5.41) is 45.3. The summed E-state index contributed by atoms with van der Waals surface area (Å²) in [4.78, 5) is 12.3. The zero-order valence-electron chi connectivity index (χ0n) is 44.1. The molecule has 8 heterocycles. The summed E-state index contributed by atoms with van der Waals surface area (Å²) >= 11 is 0. The van der Waals surface area contributed by atoms with E-state index in [-0.39, 0.29) is 67.1 Å². The van der Waals surface area contributed by atoms with Crippen molar-refractivity contribution in [3.63, 3.8) is 0 Å². The fourth-order valence-corrected chi connectivity index (χ4v) is 13.7. The molecule has 8 aliphatic rings. The second kappa shape index (κ2) is 21.1. The lowest BCUT2D eigenvalue weighted by atomic mass is 9.75. The first-order valence-corrected chi connectivity index (χ1v) is 26.5. The molecular weight excluding hydrogens is 913 g/mol. The lowest BCUT2D eigenvalue weighted by molar-refractivity contribution is -0.377. The molecule has 0 aliphatic carbocycles. The van der Waals surface area contributed by atoms with Crippen LogP contribution in [0.2, 0.25) is 0 Å². The third kappa shape index (κ3) is 10.8. The van der Waals surface area contributed by atoms with E-state index in [0.717, 1.165) is 12.8 Å². The molecular formula is C52H88O18. The number of carboxylic acid groups (broad SMARTS) is 1. The van der Waals surface area contributed by atoms with Crippen LogP contribution >= 0.6 is 0 Å². The highest BCUT2D eigenvalue weighted by Crippen LogP contribution is 2.55. The summed E-state index contributed by atoms with van der Waals surface area (Å²) in [5.41, 5.74) is -1.59. The highest BCUT2D eigenvalue weighted by atomic mass is 16.7. The molecule has 18 heteroatoms. The molecule has 0 radical (unpaired) electrons. The van der Waals surface area contributed by atoms with Gasteiger partial charge in [-0.25, -0.2) is 0 Å². The predicted molar refractivity (Wildman–Crippen MR) is 250 cm³/mol. The van der Waals surface area contributed by atoms with Crippen LogP contribution in [0.3, 0.4) is 0 Å². The molecule has 0 aromatic carbocycles. The quantitative estimate of drug-likeness (QED) is 0.166. The van der Waals surface area contributed by atoms with Crippen molar-refractivity contribution >= 4 is 5.97 Å². The SMILES string of the molecule is CO[C@@H]1[C@@H](O[C@H]2CC[C@H](OC)[C@@H](C)O2)[C@H](C)[C@@](O)(CC(=O)O)O[C@H]1[C@H](C)[C@H]1OC2(CC[C@@](C)([C@H]3CC[C@@](C)([C@@H]4OC([C@H]5O[C@](C)(O)[C@H](C)C[C@@H]5C)C[C@@H]4O[C@H]4CC[C@H](OC)[C@@H](C)O4)O3)O2)C[C@H](O)[C@H]1C. The molecule has 4 N–H and O–H groups in total. The van der Waals surface area contributed by atoms with Gasteiger partial charge in [0.15, 0.2) is 29.9 Å². The standard InChI is InChI=1S/C52H88O18/c1-26-22-27(2)50(10,56)67-42(26)36-23-37(63-40-16-14-34(58-11)31(6)61-40)47(64-36)49(9)19-18-38(66-49)48(8)20-21-51(70-48)24-33(53)28(3)43(68-51)29(4)44-46(60-13)45(30(5)52(57,69-44)25-39(54)55)65-41-17-15-35(59-12)32(7)62-41/h26-38,40-47,53,56-57H,14-25H2,1-13H3,(H,54,55)/t26-,27+,28+,29+,30-,31+,32+,33-,34-,35-,36?,37-,38+,40-,41-,42-,43-,44-,45-,46-,47+,48-,49-,50-,51?,52+/m0/s1. The molecule has 26 atom stereocenters. The maximum Gasteiger partial charge on any atom is 0.308 e. The molecule has 70 heavy (non-hydrogen) atoms.